The lowest BCUT2D eigenvalue weighted by Crippen LogP contribution is -2.30. The molecule has 1 aromatic heterocycles. The summed E-state index contributed by atoms with van der Waals surface area (Å²) in [5.41, 5.74) is 9.18. The van der Waals surface area contributed by atoms with E-state index in [9.17, 15) is 0 Å². The van der Waals surface area contributed by atoms with Crippen molar-refractivity contribution < 1.29 is 0 Å². The molecule has 2 N–H and O–H groups in total. The Morgan fingerprint density at radius 3 is 2.69 bits per heavy atom. The summed E-state index contributed by atoms with van der Waals surface area (Å²) < 4.78 is 1.97. The van der Waals surface area contributed by atoms with Crippen LogP contribution in [-0.4, -0.2) is 15.8 Å². The van der Waals surface area contributed by atoms with Crippen LogP contribution >= 0.6 is 11.6 Å². The zero-order valence-electron chi connectivity index (χ0n) is 9.83. The van der Waals surface area contributed by atoms with Gasteiger partial charge < -0.3 is 5.73 Å². The molecular weight excluding hydrogens is 222 g/mol. The van der Waals surface area contributed by atoms with Gasteiger partial charge in [-0.25, -0.2) is 0 Å². The number of nitrogens with zero attached hydrogens (tertiary/aromatic N) is 2. The van der Waals surface area contributed by atoms with Crippen LogP contribution in [0.15, 0.2) is 5.57 Å². The lowest BCUT2D eigenvalue weighted by molar-refractivity contribution is 0.545. The molecule has 1 fully saturated rings. The molecule has 1 aliphatic carbocycles. The lowest BCUT2D eigenvalue weighted by Gasteiger charge is -2.25. The first-order valence-corrected chi connectivity index (χ1v) is 6.23. The molecule has 0 bridgehead atoms. The molecule has 0 spiro atoms. The Kier molecular flexibility index (Phi) is 3.36. The van der Waals surface area contributed by atoms with Gasteiger partial charge in [-0.3, -0.25) is 4.68 Å². The van der Waals surface area contributed by atoms with Crippen LogP contribution in [-0.2, 0) is 13.0 Å². The average molecular weight is 240 g/mol. The minimum atomic E-state index is 0.341. The van der Waals surface area contributed by atoms with Gasteiger partial charge in [0, 0.05) is 12.6 Å². The van der Waals surface area contributed by atoms with Crippen molar-refractivity contribution in [3.05, 3.63) is 22.0 Å². The Balaban J connectivity index is 2.32. The number of aromatic nitrogens is 2. The summed E-state index contributed by atoms with van der Waals surface area (Å²) in [4.78, 5) is 0. The normalized spacial score (nSPS) is 19.8. The molecule has 0 aliphatic heterocycles. The molecule has 0 saturated heterocycles. The smallest absolute Gasteiger partial charge is 0.0891 e. The first-order valence-electron chi connectivity index (χ1n) is 5.85. The molecule has 1 aliphatic rings. The molecule has 0 unspecified atom stereocenters. The van der Waals surface area contributed by atoms with Gasteiger partial charge >= 0.3 is 0 Å². The maximum Gasteiger partial charge on any atom is 0.0891 e. The molecule has 2 rings (SSSR count). The summed E-state index contributed by atoms with van der Waals surface area (Å²) in [6.07, 6.45) is 5.02. The summed E-state index contributed by atoms with van der Waals surface area (Å²) in [5.74, 6) is 0. The van der Waals surface area contributed by atoms with E-state index in [1.165, 1.54) is 5.57 Å². The third kappa shape index (κ3) is 2.02. The molecule has 4 heteroatoms. The van der Waals surface area contributed by atoms with Crippen molar-refractivity contribution in [3.63, 3.8) is 0 Å². The number of rotatable bonds is 3. The van der Waals surface area contributed by atoms with Crippen molar-refractivity contribution in [2.24, 2.45) is 5.73 Å². The van der Waals surface area contributed by atoms with Gasteiger partial charge in [-0.1, -0.05) is 24.1 Å². The molecule has 1 aromatic rings. The number of nitrogens with two attached hydrogens (primary N) is 1. The third-order valence-electron chi connectivity index (χ3n) is 3.02. The number of aryl methyl sites for hydroxylation is 2. The van der Waals surface area contributed by atoms with Crippen LogP contribution in [0.1, 0.15) is 38.1 Å². The van der Waals surface area contributed by atoms with E-state index in [0.29, 0.717) is 6.04 Å². The van der Waals surface area contributed by atoms with E-state index in [0.717, 1.165) is 42.2 Å². The van der Waals surface area contributed by atoms with E-state index in [4.69, 9.17) is 17.3 Å². The largest absolute Gasteiger partial charge is 0.327 e. The summed E-state index contributed by atoms with van der Waals surface area (Å²) >= 11 is 6.31. The maximum absolute atomic E-state index is 6.31. The maximum atomic E-state index is 6.31. The standard InChI is InChI=1S/C12H18ClN3/c1-3-10-12(13)11(16(4-2)15-10)7-8-5-9(14)6-8/h7,9H,3-6,14H2,1-2H3. The van der Waals surface area contributed by atoms with Crippen molar-refractivity contribution >= 4 is 17.7 Å². The van der Waals surface area contributed by atoms with E-state index in [1.54, 1.807) is 0 Å². The number of halogens is 1. The SMILES string of the molecule is CCc1nn(CC)c(C=C2CC(N)C2)c1Cl. The van der Waals surface area contributed by atoms with Gasteiger partial charge in [0.2, 0.25) is 0 Å². The van der Waals surface area contributed by atoms with E-state index in [2.05, 4.69) is 25.0 Å². The van der Waals surface area contributed by atoms with E-state index in [1.807, 2.05) is 4.68 Å². The quantitative estimate of drug-likeness (QED) is 0.881. The second kappa shape index (κ2) is 4.60. The molecule has 0 radical (unpaired) electrons. The average Bonchev–Trinajstić information content (AvgIpc) is 2.53. The molecule has 0 amide bonds. The zero-order valence-corrected chi connectivity index (χ0v) is 10.6. The second-order valence-electron chi connectivity index (χ2n) is 4.29. The fourth-order valence-electron chi connectivity index (χ4n) is 2.03. The fourth-order valence-corrected chi connectivity index (χ4v) is 2.36. The van der Waals surface area contributed by atoms with Gasteiger partial charge in [-0.2, -0.15) is 5.10 Å². The Labute approximate surface area is 101 Å². The highest BCUT2D eigenvalue weighted by atomic mass is 35.5. The minimum absolute atomic E-state index is 0.341. The summed E-state index contributed by atoms with van der Waals surface area (Å²) in [7, 11) is 0. The highest BCUT2D eigenvalue weighted by molar-refractivity contribution is 6.32. The Hall–Kier alpha value is -0.800. The summed E-state index contributed by atoms with van der Waals surface area (Å²) in [6.45, 7) is 5.01. The molecular formula is C12H18ClN3. The Bertz CT molecular complexity index is 412. The van der Waals surface area contributed by atoms with Crippen LogP contribution in [0.3, 0.4) is 0 Å². The molecule has 0 aromatic carbocycles. The van der Waals surface area contributed by atoms with Crippen LogP contribution in [0.4, 0.5) is 0 Å². The van der Waals surface area contributed by atoms with E-state index >= 15 is 0 Å². The zero-order chi connectivity index (χ0) is 11.7. The van der Waals surface area contributed by atoms with E-state index in [-0.39, 0.29) is 0 Å². The summed E-state index contributed by atoms with van der Waals surface area (Å²) in [5, 5.41) is 5.29. The fraction of sp³-hybridized carbons (Fsp3) is 0.583. The van der Waals surface area contributed by atoms with Gasteiger partial charge in [0.05, 0.1) is 16.4 Å². The van der Waals surface area contributed by atoms with Crippen LogP contribution in [0.5, 0.6) is 0 Å². The van der Waals surface area contributed by atoms with Crippen LogP contribution in [0.2, 0.25) is 5.02 Å². The first-order chi connectivity index (χ1) is 7.65. The number of hydrogen-bond donors (Lipinski definition) is 1. The van der Waals surface area contributed by atoms with Gasteiger partial charge in [0.1, 0.15) is 0 Å². The molecule has 16 heavy (non-hydrogen) atoms. The predicted molar refractivity (Wildman–Crippen MR) is 67.5 cm³/mol. The van der Waals surface area contributed by atoms with Crippen molar-refractivity contribution in [1.82, 2.24) is 9.78 Å². The van der Waals surface area contributed by atoms with Crippen LogP contribution in [0.25, 0.3) is 6.08 Å². The topological polar surface area (TPSA) is 43.8 Å². The Morgan fingerprint density at radius 2 is 2.19 bits per heavy atom. The van der Waals surface area contributed by atoms with Gasteiger partial charge in [-0.15, -0.1) is 0 Å². The predicted octanol–water partition coefficient (Wildman–Crippen LogP) is 2.62. The monoisotopic (exact) mass is 239 g/mol. The Morgan fingerprint density at radius 1 is 1.50 bits per heavy atom. The molecule has 88 valence electrons. The van der Waals surface area contributed by atoms with Crippen molar-refractivity contribution in [3.8, 4) is 0 Å². The number of hydrogen-bond acceptors (Lipinski definition) is 2. The van der Waals surface area contributed by atoms with Gasteiger partial charge in [0.25, 0.3) is 0 Å². The van der Waals surface area contributed by atoms with Crippen LogP contribution < -0.4 is 5.73 Å². The molecule has 1 saturated carbocycles. The van der Waals surface area contributed by atoms with Crippen molar-refractivity contribution in [2.45, 2.75) is 45.7 Å². The molecule has 0 atom stereocenters. The molecule has 3 nitrogen and oxygen atoms in total. The first kappa shape index (κ1) is 11.7. The molecule has 1 heterocycles. The highest BCUT2D eigenvalue weighted by Gasteiger charge is 2.20. The highest BCUT2D eigenvalue weighted by Crippen LogP contribution is 2.30. The van der Waals surface area contributed by atoms with Gasteiger partial charge in [0.15, 0.2) is 0 Å². The second-order valence-corrected chi connectivity index (χ2v) is 4.66. The summed E-state index contributed by atoms with van der Waals surface area (Å²) in [6, 6.07) is 0.341. The van der Waals surface area contributed by atoms with Crippen molar-refractivity contribution in [1.29, 1.82) is 0 Å². The van der Waals surface area contributed by atoms with Gasteiger partial charge in [-0.05, 0) is 32.3 Å². The lowest BCUT2D eigenvalue weighted by atomic mass is 9.86. The van der Waals surface area contributed by atoms with Crippen molar-refractivity contribution in [2.75, 3.05) is 0 Å². The third-order valence-corrected chi connectivity index (χ3v) is 3.43. The van der Waals surface area contributed by atoms with E-state index < -0.39 is 0 Å². The minimum Gasteiger partial charge on any atom is -0.327 e. The van der Waals surface area contributed by atoms with Crippen LogP contribution in [0, 0.1) is 0 Å².